The number of hydrogen-bond acceptors (Lipinski definition) is 5. The molecule has 0 bridgehead atoms. The quantitative estimate of drug-likeness (QED) is 0.869. The average molecular weight is 349 g/mol. The summed E-state index contributed by atoms with van der Waals surface area (Å²) < 4.78 is 6.88. The first-order valence-corrected chi connectivity index (χ1v) is 7.76. The van der Waals surface area contributed by atoms with Gasteiger partial charge in [0.1, 0.15) is 11.9 Å². The summed E-state index contributed by atoms with van der Waals surface area (Å²) >= 11 is 3.47. The van der Waals surface area contributed by atoms with E-state index in [1.54, 1.807) is 18.6 Å². The molecule has 0 saturated carbocycles. The first-order chi connectivity index (χ1) is 10.3. The highest BCUT2D eigenvalue weighted by atomic mass is 79.9. The number of ether oxygens (including phenoxy) is 1. The Labute approximate surface area is 132 Å². The average Bonchev–Trinajstić information content (AvgIpc) is 3.00. The molecule has 21 heavy (non-hydrogen) atoms. The molecule has 0 spiro atoms. The van der Waals surface area contributed by atoms with Crippen LogP contribution in [-0.2, 0) is 6.54 Å². The number of anilines is 1. The van der Waals surface area contributed by atoms with Crippen molar-refractivity contribution in [2.24, 2.45) is 0 Å². The van der Waals surface area contributed by atoms with Crippen LogP contribution in [0.5, 0.6) is 5.75 Å². The van der Waals surface area contributed by atoms with E-state index in [-0.39, 0.29) is 6.10 Å². The van der Waals surface area contributed by atoms with Crippen molar-refractivity contribution in [3.05, 3.63) is 47.0 Å². The first-order valence-electron chi connectivity index (χ1n) is 6.97. The molecule has 6 heteroatoms. The van der Waals surface area contributed by atoms with Crippen LogP contribution in [0.2, 0.25) is 0 Å². The van der Waals surface area contributed by atoms with Crippen molar-refractivity contribution in [3.63, 3.8) is 0 Å². The molecule has 1 saturated heterocycles. The topological polar surface area (TPSA) is 59.1 Å². The number of aromatic nitrogens is 2. The summed E-state index contributed by atoms with van der Waals surface area (Å²) in [7, 11) is 0. The summed E-state index contributed by atoms with van der Waals surface area (Å²) in [6.45, 7) is 2.59. The highest BCUT2D eigenvalue weighted by molar-refractivity contribution is 9.10. The van der Waals surface area contributed by atoms with Gasteiger partial charge in [0, 0.05) is 31.2 Å². The molecule has 2 aromatic heterocycles. The molecule has 1 unspecified atom stereocenters. The van der Waals surface area contributed by atoms with Crippen molar-refractivity contribution in [1.29, 1.82) is 0 Å². The highest BCUT2D eigenvalue weighted by Gasteiger charge is 2.15. The van der Waals surface area contributed by atoms with Crippen molar-refractivity contribution < 1.29 is 4.74 Å². The first kappa shape index (κ1) is 14.3. The predicted octanol–water partition coefficient (Wildman–Crippen LogP) is 2.59. The zero-order valence-electron chi connectivity index (χ0n) is 11.6. The highest BCUT2D eigenvalue weighted by Crippen LogP contribution is 2.21. The molecule has 2 N–H and O–H groups in total. The van der Waals surface area contributed by atoms with E-state index in [9.17, 15) is 0 Å². The van der Waals surface area contributed by atoms with E-state index in [0.717, 1.165) is 41.1 Å². The zero-order valence-corrected chi connectivity index (χ0v) is 13.1. The van der Waals surface area contributed by atoms with Crippen LogP contribution in [0.4, 0.5) is 5.69 Å². The number of rotatable bonds is 5. The molecule has 5 nitrogen and oxygen atoms in total. The van der Waals surface area contributed by atoms with Gasteiger partial charge in [0.2, 0.25) is 0 Å². The van der Waals surface area contributed by atoms with Gasteiger partial charge in [0.25, 0.3) is 0 Å². The molecule has 1 aliphatic rings. The number of halogens is 1. The number of nitrogens with zero attached hydrogens (tertiary/aromatic N) is 2. The van der Waals surface area contributed by atoms with E-state index in [2.05, 4.69) is 36.5 Å². The van der Waals surface area contributed by atoms with Crippen LogP contribution in [-0.4, -0.2) is 29.2 Å². The fourth-order valence-electron chi connectivity index (χ4n) is 2.25. The SMILES string of the molecule is Brc1cnccc1NCc1cc(OC2CCNC2)ccn1. The van der Waals surface area contributed by atoms with Gasteiger partial charge in [-0.1, -0.05) is 0 Å². The summed E-state index contributed by atoms with van der Waals surface area (Å²) in [6.07, 6.45) is 6.63. The Morgan fingerprint density at radius 3 is 3.14 bits per heavy atom. The minimum Gasteiger partial charge on any atom is -0.489 e. The number of pyridine rings is 2. The maximum atomic E-state index is 5.94. The van der Waals surface area contributed by atoms with Crippen molar-refractivity contribution >= 4 is 21.6 Å². The van der Waals surface area contributed by atoms with Crippen molar-refractivity contribution in [2.75, 3.05) is 18.4 Å². The van der Waals surface area contributed by atoms with E-state index in [1.165, 1.54) is 0 Å². The molecule has 2 aromatic rings. The third-order valence-electron chi connectivity index (χ3n) is 3.34. The van der Waals surface area contributed by atoms with E-state index >= 15 is 0 Å². The summed E-state index contributed by atoms with van der Waals surface area (Å²) in [4.78, 5) is 8.41. The second-order valence-electron chi connectivity index (χ2n) is 4.92. The van der Waals surface area contributed by atoms with Gasteiger partial charge in [0.15, 0.2) is 0 Å². The maximum absolute atomic E-state index is 5.94. The second kappa shape index (κ2) is 6.87. The third-order valence-corrected chi connectivity index (χ3v) is 3.97. The molecule has 3 heterocycles. The van der Waals surface area contributed by atoms with Gasteiger partial charge in [-0.2, -0.15) is 0 Å². The van der Waals surface area contributed by atoms with Gasteiger partial charge in [-0.3, -0.25) is 9.97 Å². The maximum Gasteiger partial charge on any atom is 0.123 e. The molecule has 1 aliphatic heterocycles. The molecule has 1 fully saturated rings. The van der Waals surface area contributed by atoms with E-state index in [1.807, 2.05) is 18.2 Å². The number of nitrogens with one attached hydrogen (secondary N) is 2. The van der Waals surface area contributed by atoms with E-state index < -0.39 is 0 Å². The summed E-state index contributed by atoms with van der Waals surface area (Å²) in [5, 5.41) is 6.63. The fourth-order valence-corrected chi connectivity index (χ4v) is 2.64. The van der Waals surface area contributed by atoms with Crippen LogP contribution in [0.25, 0.3) is 0 Å². The van der Waals surface area contributed by atoms with Crippen LogP contribution in [0.15, 0.2) is 41.3 Å². The summed E-state index contributed by atoms with van der Waals surface area (Å²) in [6, 6.07) is 5.82. The van der Waals surface area contributed by atoms with Crippen LogP contribution in [0, 0.1) is 0 Å². The lowest BCUT2D eigenvalue weighted by Gasteiger charge is -2.13. The van der Waals surface area contributed by atoms with Crippen molar-refractivity contribution in [1.82, 2.24) is 15.3 Å². The van der Waals surface area contributed by atoms with Crippen LogP contribution in [0.3, 0.4) is 0 Å². The summed E-state index contributed by atoms with van der Waals surface area (Å²) in [5.41, 5.74) is 1.94. The van der Waals surface area contributed by atoms with E-state index in [4.69, 9.17) is 4.74 Å². The van der Waals surface area contributed by atoms with Gasteiger partial charge in [-0.15, -0.1) is 0 Å². The van der Waals surface area contributed by atoms with Gasteiger partial charge in [-0.05, 0) is 41.0 Å². The van der Waals surface area contributed by atoms with Crippen molar-refractivity contribution in [3.8, 4) is 5.75 Å². The molecule has 0 radical (unpaired) electrons. The number of hydrogen-bond donors (Lipinski definition) is 2. The molecule has 0 amide bonds. The van der Waals surface area contributed by atoms with Crippen LogP contribution >= 0.6 is 15.9 Å². The normalized spacial score (nSPS) is 17.7. The minimum atomic E-state index is 0.266. The second-order valence-corrected chi connectivity index (χ2v) is 5.78. The van der Waals surface area contributed by atoms with E-state index in [0.29, 0.717) is 6.54 Å². The predicted molar refractivity (Wildman–Crippen MR) is 85.4 cm³/mol. The molecular formula is C15H17BrN4O. The molecule has 3 rings (SSSR count). The van der Waals surface area contributed by atoms with Crippen LogP contribution in [0.1, 0.15) is 12.1 Å². The Morgan fingerprint density at radius 2 is 2.33 bits per heavy atom. The Hall–Kier alpha value is -1.66. The Bertz CT molecular complexity index is 602. The molecule has 0 aliphatic carbocycles. The Kier molecular flexibility index (Phi) is 4.67. The summed E-state index contributed by atoms with van der Waals surface area (Å²) in [5.74, 6) is 0.879. The fraction of sp³-hybridized carbons (Fsp3) is 0.333. The van der Waals surface area contributed by atoms with Gasteiger partial charge in [-0.25, -0.2) is 0 Å². The Morgan fingerprint density at radius 1 is 1.38 bits per heavy atom. The van der Waals surface area contributed by atoms with Crippen LogP contribution < -0.4 is 15.4 Å². The molecular weight excluding hydrogens is 332 g/mol. The lowest BCUT2D eigenvalue weighted by Crippen LogP contribution is -2.19. The van der Waals surface area contributed by atoms with Crippen molar-refractivity contribution in [2.45, 2.75) is 19.1 Å². The zero-order chi connectivity index (χ0) is 14.5. The largest absolute Gasteiger partial charge is 0.489 e. The third kappa shape index (κ3) is 3.92. The minimum absolute atomic E-state index is 0.266. The monoisotopic (exact) mass is 348 g/mol. The molecule has 110 valence electrons. The van der Waals surface area contributed by atoms with Gasteiger partial charge >= 0.3 is 0 Å². The molecule has 0 aromatic carbocycles. The van der Waals surface area contributed by atoms with Gasteiger partial charge in [0.05, 0.1) is 22.4 Å². The lowest BCUT2D eigenvalue weighted by molar-refractivity contribution is 0.222. The smallest absolute Gasteiger partial charge is 0.123 e. The lowest BCUT2D eigenvalue weighted by atomic mass is 10.3. The Balaban J connectivity index is 1.61. The van der Waals surface area contributed by atoms with Gasteiger partial charge < -0.3 is 15.4 Å². The molecule has 1 atom stereocenters. The standard InChI is InChI=1S/C15H17BrN4O/c16-14-10-18-5-3-15(14)20-8-11-7-12(2-6-19-11)21-13-1-4-17-9-13/h2-3,5-7,10,13,17H,1,4,8-9H2,(H,18,20).